The van der Waals surface area contributed by atoms with Gasteiger partial charge >= 0.3 is 6.18 Å². The number of aromatic nitrogens is 2. The van der Waals surface area contributed by atoms with Crippen molar-refractivity contribution >= 4 is 21.8 Å². The molecule has 0 bridgehead atoms. The van der Waals surface area contributed by atoms with Gasteiger partial charge in [-0.15, -0.1) is 0 Å². The number of ether oxygens (including phenoxy) is 1. The van der Waals surface area contributed by atoms with Crippen LogP contribution in [0.3, 0.4) is 0 Å². The molecule has 0 saturated heterocycles. The van der Waals surface area contributed by atoms with E-state index in [-0.39, 0.29) is 16.8 Å². The van der Waals surface area contributed by atoms with Gasteiger partial charge in [-0.1, -0.05) is 18.2 Å². The third-order valence-electron chi connectivity index (χ3n) is 3.04. The van der Waals surface area contributed by atoms with E-state index < -0.39 is 11.7 Å². The molecule has 3 nitrogen and oxygen atoms in total. The van der Waals surface area contributed by atoms with Gasteiger partial charge in [0.05, 0.1) is 29.1 Å². The Labute approximate surface area is 112 Å². The third kappa shape index (κ3) is 1.84. The van der Waals surface area contributed by atoms with Crippen LogP contribution >= 0.6 is 0 Å². The fourth-order valence-corrected chi connectivity index (χ4v) is 2.20. The highest BCUT2D eigenvalue weighted by atomic mass is 19.4. The second-order valence-electron chi connectivity index (χ2n) is 4.22. The molecule has 20 heavy (non-hydrogen) atoms. The number of alkyl halides is 3. The topological polar surface area (TPSA) is 35.0 Å². The summed E-state index contributed by atoms with van der Waals surface area (Å²) in [6.07, 6.45) is -3.34. The molecule has 1 aromatic carbocycles. The number of methoxy groups -OCH3 is 1. The van der Waals surface area contributed by atoms with Crippen LogP contribution in [-0.2, 0) is 6.18 Å². The maximum atomic E-state index is 13.1. The summed E-state index contributed by atoms with van der Waals surface area (Å²) >= 11 is 0. The number of benzene rings is 1. The number of fused-ring (bicyclic) bond motifs is 3. The van der Waals surface area contributed by atoms with Gasteiger partial charge in [0.15, 0.2) is 0 Å². The predicted molar refractivity (Wildman–Crippen MR) is 68.6 cm³/mol. The van der Waals surface area contributed by atoms with Crippen LogP contribution in [0, 0.1) is 0 Å². The van der Waals surface area contributed by atoms with Gasteiger partial charge in [0.25, 0.3) is 0 Å². The highest BCUT2D eigenvalue weighted by molar-refractivity contribution is 6.06. The number of hydrogen-bond acceptors (Lipinski definition) is 3. The van der Waals surface area contributed by atoms with Crippen LogP contribution in [0.4, 0.5) is 13.2 Å². The zero-order valence-electron chi connectivity index (χ0n) is 10.4. The van der Waals surface area contributed by atoms with Gasteiger partial charge in [-0.05, 0) is 12.1 Å². The normalized spacial score (nSPS) is 12.0. The lowest BCUT2D eigenvalue weighted by molar-refractivity contribution is -0.136. The molecular formula is C14H9F3N2O. The van der Waals surface area contributed by atoms with Crippen LogP contribution in [0.5, 0.6) is 5.88 Å². The number of hydrogen-bond donors (Lipinski definition) is 0. The Hall–Kier alpha value is -2.37. The molecule has 0 unspecified atom stereocenters. The smallest absolute Gasteiger partial charge is 0.417 e. The van der Waals surface area contributed by atoms with Crippen molar-refractivity contribution in [2.45, 2.75) is 6.18 Å². The van der Waals surface area contributed by atoms with Crippen LogP contribution in [0.25, 0.3) is 21.8 Å². The van der Waals surface area contributed by atoms with Gasteiger partial charge in [0.1, 0.15) is 0 Å². The molecule has 3 rings (SSSR count). The van der Waals surface area contributed by atoms with Crippen molar-refractivity contribution in [1.82, 2.24) is 9.97 Å². The van der Waals surface area contributed by atoms with E-state index in [9.17, 15) is 13.2 Å². The summed E-state index contributed by atoms with van der Waals surface area (Å²) in [6.45, 7) is 0. The standard InChI is InChI=1S/C14H9F3N2O/c1-20-13-11-9(14(15,16)17)6-7-18-12(11)8-4-2-3-5-10(8)19-13/h2-7H,1H3. The van der Waals surface area contributed by atoms with Crippen molar-refractivity contribution < 1.29 is 17.9 Å². The summed E-state index contributed by atoms with van der Waals surface area (Å²) in [7, 11) is 1.30. The van der Waals surface area contributed by atoms with E-state index in [1.54, 1.807) is 24.3 Å². The minimum atomic E-state index is -4.49. The summed E-state index contributed by atoms with van der Waals surface area (Å²) in [5.41, 5.74) is -0.0106. The van der Waals surface area contributed by atoms with Crippen LogP contribution in [0.15, 0.2) is 36.5 Å². The van der Waals surface area contributed by atoms with E-state index in [1.165, 1.54) is 7.11 Å². The SMILES string of the molecule is COc1nc2ccccc2c2nccc(C(F)(F)F)c12. The summed E-state index contributed by atoms with van der Waals surface area (Å²) in [6, 6.07) is 7.82. The van der Waals surface area contributed by atoms with E-state index in [0.29, 0.717) is 10.9 Å². The monoisotopic (exact) mass is 278 g/mol. The molecule has 0 atom stereocenters. The van der Waals surface area contributed by atoms with E-state index >= 15 is 0 Å². The lowest BCUT2D eigenvalue weighted by Crippen LogP contribution is -2.08. The van der Waals surface area contributed by atoms with Crippen LogP contribution in [0.1, 0.15) is 5.56 Å². The van der Waals surface area contributed by atoms with Gasteiger partial charge in [0.2, 0.25) is 5.88 Å². The largest absolute Gasteiger partial charge is 0.480 e. The zero-order chi connectivity index (χ0) is 14.3. The van der Waals surface area contributed by atoms with Gasteiger partial charge < -0.3 is 4.74 Å². The minimum Gasteiger partial charge on any atom is -0.480 e. The van der Waals surface area contributed by atoms with Crippen molar-refractivity contribution in [1.29, 1.82) is 0 Å². The molecule has 0 aliphatic heterocycles. The Morgan fingerprint density at radius 3 is 2.55 bits per heavy atom. The first-order valence-electron chi connectivity index (χ1n) is 5.81. The molecule has 6 heteroatoms. The zero-order valence-corrected chi connectivity index (χ0v) is 10.4. The second kappa shape index (κ2) is 4.33. The molecule has 0 amide bonds. The minimum absolute atomic E-state index is 0.0703. The fourth-order valence-electron chi connectivity index (χ4n) is 2.20. The van der Waals surface area contributed by atoms with Crippen LogP contribution in [-0.4, -0.2) is 17.1 Å². The van der Waals surface area contributed by atoms with Gasteiger partial charge in [-0.2, -0.15) is 13.2 Å². The maximum absolute atomic E-state index is 13.1. The lowest BCUT2D eigenvalue weighted by Gasteiger charge is -2.13. The Balaban J connectivity index is 2.55. The van der Waals surface area contributed by atoms with Crippen LogP contribution < -0.4 is 4.74 Å². The summed E-state index contributed by atoms with van der Waals surface area (Å²) < 4.78 is 44.4. The second-order valence-corrected chi connectivity index (χ2v) is 4.22. The molecule has 0 N–H and O–H groups in total. The van der Waals surface area contributed by atoms with Crippen molar-refractivity contribution in [2.24, 2.45) is 0 Å². The Kier molecular flexibility index (Phi) is 2.74. The lowest BCUT2D eigenvalue weighted by atomic mass is 10.1. The number of nitrogens with zero attached hydrogens (tertiary/aromatic N) is 2. The quantitative estimate of drug-likeness (QED) is 0.635. The number of pyridine rings is 2. The van der Waals surface area contributed by atoms with E-state index in [4.69, 9.17) is 4.74 Å². The molecule has 0 saturated carbocycles. The van der Waals surface area contributed by atoms with Crippen molar-refractivity contribution in [2.75, 3.05) is 7.11 Å². The van der Waals surface area contributed by atoms with Crippen molar-refractivity contribution in [3.05, 3.63) is 42.1 Å². The average Bonchev–Trinajstić information content (AvgIpc) is 2.44. The number of rotatable bonds is 1. The maximum Gasteiger partial charge on any atom is 0.417 e. The van der Waals surface area contributed by atoms with Gasteiger partial charge in [-0.3, -0.25) is 4.98 Å². The first kappa shape index (κ1) is 12.7. The molecule has 0 spiro atoms. The molecular weight excluding hydrogens is 269 g/mol. The van der Waals surface area contributed by atoms with Gasteiger partial charge in [0, 0.05) is 11.6 Å². The Bertz CT molecular complexity index is 799. The summed E-state index contributed by atoms with van der Waals surface area (Å²) in [4.78, 5) is 8.21. The molecule has 0 fully saturated rings. The first-order valence-corrected chi connectivity index (χ1v) is 5.81. The molecule has 0 aliphatic carbocycles. The number of para-hydroxylation sites is 1. The van der Waals surface area contributed by atoms with Crippen molar-refractivity contribution in [3.63, 3.8) is 0 Å². The number of halogens is 3. The molecule has 0 aliphatic rings. The average molecular weight is 278 g/mol. The van der Waals surface area contributed by atoms with E-state index in [2.05, 4.69) is 9.97 Å². The van der Waals surface area contributed by atoms with Crippen LogP contribution in [0.2, 0.25) is 0 Å². The highest BCUT2D eigenvalue weighted by Gasteiger charge is 2.34. The fraction of sp³-hybridized carbons (Fsp3) is 0.143. The predicted octanol–water partition coefficient (Wildman–Crippen LogP) is 3.81. The van der Waals surface area contributed by atoms with Gasteiger partial charge in [-0.25, -0.2) is 4.98 Å². The molecule has 3 aromatic rings. The van der Waals surface area contributed by atoms with Crippen molar-refractivity contribution in [3.8, 4) is 5.88 Å². The molecule has 2 heterocycles. The highest BCUT2D eigenvalue weighted by Crippen LogP contribution is 2.39. The molecule has 102 valence electrons. The molecule has 2 aromatic heterocycles. The molecule has 0 radical (unpaired) electrons. The summed E-state index contributed by atoms with van der Waals surface area (Å²) in [5, 5.41) is 0.454. The summed E-state index contributed by atoms with van der Waals surface area (Å²) in [5.74, 6) is -0.0703. The van der Waals surface area contributed by atoms with E-state index in [0.717, 1.165) is 12.3 Å². The first-order chi connectivity index (χ1) is 9.52. The third-order valence-corrected chi connectivity index (χ3v) is 3.04. The van der Waals surface area contributed by atoms with E-state index in [1.807, 2.05) is 0 Å². The Morgan fingerprint density at radius 1 is 1.10 bits per heavy atom. The Morgan fingerprint density at radius 2 is 1.85 bits per heavy atom.